The molecule has 108 valence electrons. The topological polar surface area (TPSA) is 61.1 Å². The van der Waals surface area contributed by atoms with Gasteiger partial charge in [0.05, 0.1) is 18.9 Å². The molecule has 0 fully saturated rings. The quantitative estimate of drug-likeness (QED) is 0.933. The summed E-state index contributed by atoms with van der Waals surface area (Å²) in [5, 5.41) is 16.8. The van der Waals surface area contributed by atoms with Gasteiger partial charge >= 0.3 is 5.97 Å². The highest BCUT2D eigenvalue weighted by Gasteiger charge is 1.98. The van der Waals surface area contributed by atoms with Crippen molar-refractivity contribution < 1.29 is 9.90 Å². The van der Waals surface area contributed by atoms with E-state index in [0.717, 1.165) is 16.7 Å². The van der Waals surface area contributed by atoms with E-state index in [1.165, 1.54) is 5.56 Å². The number of aliphatic carboxylic acids is 1. The van der Waals surface area contributed by atoms with E-state index in [1.54, 1.807) is 0 Å². The minimum absolute atomic E-state index is 0.113. The standard InChI is InChI=1S/C9H9N.C9H10O2/c1-8-3-2-4-9(7-8)5-6-10;1-7-3-2-4-8(5-7)6-9(10)11/h2-4,7H,5H2,1H3;2-5H,6H2,1H3,(H,10,11). The van der Waals surface area contributed by atoms with Crippen LogP contribution < -0.4 is 0 Å². The summed E-state index contributed by atoms with van der Waals surface area (Å²) in [6.45, 7) is 3.98. The molecule has 1 N–H and O–H groups in total. The Morgan fingerprint density at radius 3 is 2.05 bits per heavy atom. The van der Waals surface area contributed by atoms with Gasteiger partial charge in [0, 0.05) is 0 Å². The van der Waals surface area contributed by atoms with E-state index in [0.29, 0.717) is 6.42 Å². The van der Waals surface area contributed by atoms with Crippen LogP contribution in [0, 0.1) is 25.2 Å². The highest BCUT2D eigenvalue weighted by atomic mass is 16.4. The number of carboxylic acid groups (broad SMARTS) is 1. The molecule has 2 rings (SSSR count). The van der Waals surface area contributed by atoms with Crippen LogP contribution in [0.1, 0.15) is 22.3 Å². The molecule has 0 bridgehead atoms. The summed E-state index contributed by atoms with van der Waals surface area (Å²) in [5.74, 6) is -0.782. The third kappa shape index (κ3) is 6.93. The smallest absolute Gasteiger partial charge is 0.307 e. The second-order valence-electron chi connectivity index (χ2n) is 4.88. The first-order valence-electron chi connectivity index (χ1n) is 6.71. The Morgan fingerprint density at radius 1 is 1.05 bits per heavy atom. The molecule has 0 saturated carbocycles. The number of benzene rings is 2. The third-order valence-corrected chi connectivity index (χ3v) is 2.80. The summed E-state index contributed by atoms with van der Waals surface area (Å²) < 4.78 is 0. The lowest BCUT2D eigenvalue weighted by molar-refractivity contribution is -0.136. The van der Waals surface area contributed by atoms with E-state index in [4.69, 9.17) is 10.4 Å². The summed E-state index contributed by atoms with van der Waals surface area (Å²) in [4.78, 5) is 10.3. The summed E-state index contributed by atoms with van der Waals surface area (Å²) in [5.41, 5.74) is 4.27. The molecule has 0 unspecified atom stereocenters. The third-order valence-electron chi connectivity index (χ3n) is 2.80. The molecule has 0 radical (unpaired) electrons. The maximum absolute atomic E-state index is 10.3. The summed E-state index contributed by atoms with van der Waals surface area (Å²) in [6, 6.07) is 17.6. The minimum Gasteiger partial charge on any atom is -0.481 e. The van der Waals surface area contributed by atoms with E-state index in [9.17, 15) is 4.79 Å². The fourth-order valence-electron chi connectivity index (χ4n) is 1.91. The number of nitrogens with zero attached hydrogens (tertiary/aromatic N) is 1. The van der Waals surface area contributed by atoms with Crippen LogP contribution in [0.4, 0.5) is 0 Å². The SMILES string of the molecule is Cc1cccc(CC#N)c1.Cc1cccc(CC(=O)O)c1. The van der Waals surface area contributed by atoms with Crippen LogP contribution in [-0.2, 0) is 17.6 Å². The second-order valence-corrected chi connectivity index (χ2v) is 4.88. The number of hydrogen-bond donors (Lipinski definition) is 1. The maximum Gasteiger partial charge on any atom is 0.307 e. The van der Waals surface area contributed by atoms with E-state index >= 15 is 0 Å². The van der Waals surface area contributed by atoms with E-state index in [-0.39, 0.29) is 6.42 Å². The van der Waals surface area contributed by atoms with Crippen LogP contribution in [-0.4, -0.2) is 11.1 Å². The molecule has 0 aliphatic heterocycles. The molecule has 0 aliphatic rings. The number of aryl methyl sites for hydroxylation is 2. The van der Waals surface area contributed by atoms with Crippen molar-refractivity contribution in [2.24, 2.45) is 0 Å². The average Bonchev–Trinajstić information content (AvgIpc) is 2.39. The fourth-order valence-corrected chi connectivity index (χ4v) is 1.91. The Bertz CT molecular complexity index is 642. The molecule has 3 nitrogen and oxygen atoms in total. The van der Waals surface area contributed by atoms with Gasteiger partial charge in [0.1, 0.15) is 0 Å². The Balaban J connectivity index is 0.000000211. The van der Waals surface area contributed by atoms with Crippen LogP contribution in [0.2, 0.25) is 0 Å². The molecular formula is C18H19NO2. The first-order valence-corrected chi connectivity index (χ1v) is 6.71. The molecule has 0 saturated heterocycles. The summed E-state index contributed by atoms with van der Waals surface area (Å²) in [7, 11) is 0. The monoisotopic (exact) mass is 281 g/mol. The van der Waals surface area contributed by atoms with Crippen LogP contribution in [0.15, 0.2) is 48.5 Å². The minimum atomic E-state index is -0.782. The Hall–Kier alpha value is -2.60. The van der Waals surface area contributed by atoms with Crippen molar-refractivity contribution in [2.75, 3.05) is 0 Å². The molecule has 0 aromatic heterocycles. The van der Waals surface area contributed by atoms with Gasteiger partial charge in [-0.3, -0.25) is 4.79 Å². The van der Waals surface area contributed by atoms with E-state index in [1.807, 2.05) is 62.4 Å². The highest BCUT2D eigenvalue weighted by molar-refractivity contribution is 5.70. The number of hydrogen-bond acceptors (Lipinski definition) is 2. The van der Waals surface area contributed by atoms with Crippen molar-refractivity contribution in [1.29, 1.82) is 5.26 Å². The van der Waals surface area contributed by atoms with Crippen molar-refractivity contribution in [3.63, 3.8) is 0 Å². The Labute approximate surface area is 125 Å². The molecule has 0 atom stereocenters. The predicted octanol–water partition coefficient (Wildman–Crippen LogP) is 3.68. The molecule has 2 aromatic carbocycles. The van der Waals surface area contributed by atoms with Gasteiger partial charge in [-0.2, -0.15) is 5.26 Å². The normalized spacial score (nSPS) is 9.19. The van der Waals surface area contributed by atoms with Gasteiger partial charge < -0.3 is 5.11 Å². The van der Waals surface area contributed by atoms with Crippen molar-refractivity contribution in [2.45, 2.75) is 26.7 Å². The molecular weight excluding hydrogens is 262 g/mol. The Kier molecular flexibility index (Phi) is 6.70. The Morgan fingerprint density at radius 2 is 1.57 bits per heavy atom. The molecule has 0 heterocycles. The average molecular weight is 281 g/mol. The first-order chi connectivity index (χ1) is 10.0. The van der Waals surface area contributed by atoms with E-state index in [2.05, 4.69) is 6.07 Å². The lowest BCUT2D eigenvalue weighted by Gasteiger charge is -1.96. The van der Waals surface area contributed by atoms with Gasteiger partial charge in [-0.05, 0) is 25.0 Å². The van der Waals surface area contributed by atoms with Crippen LogP contribution in [0.5, 0.6) is 0 Å². The zero-order chi connectivity index (χ0) is 15.7. The van der Waals surface area contributed by atoms with Gasteiger partial charge in [0.25, 0.3) is 0 Å². The number of carbonyl (C=O) groups is 1. The predicted molar refractivity (Wildman–Crippen MR) is 83.0 cm³/mol. The molecule has 2 aromatic rings. The zero-order valence-corrected chi connectivity index (χ0v) is 12.3. The highest BCUT2D eigenvalue weighted by Crippen LogP contribution is 2.04. The molecule has 0 amide bonds. The number of rotatable bonds is 3. The first kappa shape index (κ1) is 16.5. The number of nitriles is 1. The van der Waals surface area contributed by atoms with Gasteiger partial charge in [0.2, 0.25) is 0 Å². The van der Waals surface area contributed by atoms with Gasteiger partial charge in [-0.25, -0.2) is 0 Å². The molecule has 0 spiro atoms. The van der Waals surface area contributed by atoms with Gasteiger partial charge in [0.15, 0.2) is 0 Å². The fraction of sp³-hybridized carbons (Fsp3) is 0.222. The van der Waals surface area contributed by atoms with Crippen LogP contribution in [0.3, 0.4) is 0 Å². The van der Waals surface area contributed by atoms with Crippen LogP contribution in [0.25, 0.3) is 0 Å². The largest absolute Gasteiger partial charge is 0.481 e. The van der Waals surface area contributed by atoms with Crippen molar-refractivity contribution in [3.05, 3.63) is 70.8 Å². The van der Waals surface area contributed by atoms with E-state index < -0.39 is 5.97 Å². The zero-order valence-electron chi connectivity index (χ0n) is 12.3. The van der Waals surface area contributed by atoms with Crippen molar-refractivity contribution in [3.8, 4) is 6.07 Å². The summed E-state index contributed by atoms with van der Waals surface area (Å²) in [6.07, 6.45) is 0.628. The van der Waals surface area contributed by atoms with Gasteiger partial charge in [-0.1, -0.05) is 59.7 Å². The molecule has 0 aliphatic carbocycles. The van der Waals surface area contributed by atoms with Crippen molar-refractivity contribution in [1.82, 2.24) is 0 Å². The number of carboxylic acids is 1. The summed E-state index contributed by atoms with van der Waals surface area (Å²) >= 11 is 0. The van der Waals surface area contributed by atoms with Gasteiger partial charge in [-0.15, -0.1) is 0 Å². The maximum atomic E-state index is 10.3. The lowest BCUT2D eigenvalue weighted by Crippen LogP contribution is -1.99. The van der Waals surface area contributed by atoms with Crippen LogP contribution >= 0.6 is 0 Å². The second kappa shape index (κ2) is 8.55. The lowest BCUT2D eigenvalue weighted by atomic mass is 10.1. The molecule has 3 heteroatoms. The van der Waals surface area contributed by atoms with Crippen molar-refractivity contribution >= 4 is 5.97 Å². The molecule has 21 heavy (non-hydrogen) atoms.